The Labute approximate surface area is 106 Å². The lowest BCUT2D eigenvalue weighted by Crippen LogP contribution is -2.19. The van der Waals surface area contributed by atoms with E-state index in [1.54, 1.807) is 6.07 Å². The molecule has 0 saturated heterocycles. The molecule has 1 atom stereocenters. The third-order valence-electron chi connectivity index (χ3n) is 1.71. The number of rotatable bonds is 2. The van der Waals surface area contributed by atoms with E-state index in [-0.39, 0.29) is 5.82 Å². The molecule has 0 aromatic heterocycles. The zero-order valence-corrected chi connectivity index (χ0v) is 11.7. The molecule has 1 aromatic carbocycles. The Morgan fingerprint density at radius 2 is 2.00 bits per heavy atom. The molecule has 2 nitrogen and oxygen atoms in total. The molecule has 0 radical (unpaired) electrons. The first kappa shape index (κ1) is 13.5. The van der Waals surface area contributed by atoms with Gasteiger partial charge in [-0.15, -0.1) is 0 Å². The molecule has 0 aliphatic carbocycles. The predicted molar refractivity (Wildman–Crippen MR) is 69.6 cm³/mol. The summed E-state index contributed by atoms with van der Waals surface area (Å²) < 4.78 is 28.8. The number of benzene rings is 1. The van der Waals surface area contributed by atoms with Gasteiger partial charge in [-0.2, -0.15) is 4.40 Å². The van der Waals surface area contributed by atoms with Crippen LogP contribution in [0.15, 0.2) is 27.1 Å². The second kappa shape index (κ2) is 5.19. The summed E-state index contributed by atoms with van der Waals surface area (Å²) in [5.74, 6) is -0.350. The van der Waals surface area contributed by atoms with Gasteiger partial charge >= 0.3 is 0 Å². The van der Waals surface area contributed by atoms with E-state index in [2.05, 4.69) is 20.3 Å². The molecule has 5 heteroatoms. The molecule has 88 valence electrons. The summed E-state index contributed by atoms with van der Waals surface area (Å²) in [6.07, 6.45) is 1.43. The van der Waals surface area contributed by atoms with Gasteiger partial charge in [0.15, 0.2) is 0 Å². The predicted octanol–water partition coefficient (Wildman–Crippen LogP) is 3.47. The van der Waals surface area contributed by atoms with Crippen molar-refractivity contribution in [3.05, 3.63) is 34.1 Å². The summed E-state index contributed by atoms with van der Waals surface area (Å²) in [6, 6.07) is 4.42. The molecule has 0 fully saturated rings. The van der Waals surface area contributed by atoms with E-state index in [1.165, 1.54) is 18.3 Å². The van der Waals surface area contributed by atoms with Crippen LogP contribution in [0.3, 0.4) is 0 Å². The smallest absolute Gasteiger partial charge is 0.144 e. The summed E-state index contributed by atoms with van der Waals surface area (Å²) in [7, 11) is -1.32. The molecule has 0 bridgehead atoms. The van der Waals surface area contributed by atoms with Crippen molar-refractivity contribution >= 4 is 33.1 Å². The van der Waals surface area contributed by atoms with Crippen LogP contribution in [0, 0.1) is 5.82 Å². The summed E-state index contributed by atoms with van der Waals surface area (Å²) in [6.45, 7) is 5.51. The quantitative estimate of drug-likeness (QED) is 0.769. The van der Waals surface area contributed by atoms with Crippen molar-refractivity contribution < 1.29 is 8.60 Å². The highest BCUT2D eigenvalue weighted by molar-refractivity contribution is 9.10. The van der Waals surface area contributed by atoms with Crippen LogP contribution in [0.4, 0.5) is 4.39 Å². The molecule has 0 unspecified atom stereocenters. The highest BCUT2D eigenvalue weighted by Crippen LogP contribution is 2.15. The van der Waals surface area contributed by atoms with Gasteiger partial charge in [-0.25, -0.2) is 8.60 Å². The van der Waals surface area contributed by atoms with Crippen LogP contribution in [0.5, 0.6) is 0 Å². The average molecular weight is 306 g/mol. The second-order valence-electron chi connectivity index (χ2n) is 4.30. The van der Waals surface area contributed by atoms with Crippen molar-refractivity contribution in [1.29, 1.82) is 0 Å². The van der Waals surface area contributed by atoms with Crippen LogP contribution in [0.25, 0.3) is 0 Å². The molecule has 0 amide bonds. The summed E-state index contributed by atoms with van der Waals surface area (Å²) in [5, 5.41) is 0. The Bertz CT molecular complexity index is 420. The molecular weight excluding hydrogens is 293 g/mol. The first-order valence-electron chi connectivity index (χ1n) is 4.71. The Hall–Kier alpha value is -0.550. The van der Waals surface area contributed by atoms with Crippen LogP contribution in [0.2, 0.25) is 0 Å². The summed E-state index contributed by atoms with van der Waals surface area (Å²) in [4.78, 5) is 0. The van der Waals surface area contributed by atoms with Crippen molar-refractivity contribution in [2.24, 2.45) is 4.40 Å². The molecule has 16 heavy (non-hydrogen) atoms. The van der Waals surface area contributed by atoms with Gasteiger partial charge in [0, 0.05) is 10.7 Å². The van der Waals surface area contributed by atoms with E-state index in [9.17, 15) is 8.60 Å². The molecule has 1 rings (SSSR count). The largest absolute Gasteiger partial charge is 0.234 e. The van der Waals surface area contributed by atoms with Crippen molar-refractivity contribution in [3.8, 4) is 0 Å². The van der Waals surface area contributed by atoms with Crippen LogP contribution in [-0.2, 0) is 11.0 Å². The summed E-state index contributed by atoms with van der Waals surface area (Å²) >= 11 is 3.18. The van der Waals surface area contributed by atoms with E-state index >= 15 is 0 Å². The minimum atomic E-state index is -1.32. The van der Waals surface area contributed by atoms with E-state index in [0.29, 0.717) is 10.0 Å². The highest BCUT2D eigenvalue weighted by atomic mass is 79.9. The molecule has 0 N–H and O–H groups in total. The Morgan fingerprint density at radius 1 is 1.38 bits per heavy atom. The van der Waals surface area contributed by atoms with E-state index in [4.69, 9.17) is 0 Å². The first-order chi connectivity index (χ1) is 7.29. The van der Waals surface area contributed by atoms with E-state index in [1.807, 2.05) is 20.8 Å². The maximum absolute atomic E-state index is 13.0. The van der Waals surface area contributed by atoms with Crippen molar-refractivity contribution in [3.63, 3.8) is 0 Å². The van der Waals surface area contributed by atoms with Gasteiger partial charge in [0.2, 0.25) is 0 Å². The molecule has 0 aliphatic heterocycles. The number of hydrogen-bond donors (Lipinski definition) is 0. The Morgan fingerprint density at radius 3 is 2.50 bits per heavy atom. The van der Waals surface area contributed by atoms with Gasteiger partial charge in [0.25, 0.3) is 0 Å². The van der Waals surface area contributed by atoms with Gasteiger partial charge in [0.1, 0.15) is 16.8 Å². The van der Waals surface area contributed by atoms with Crippen LogP contribution >= 0.6 is 15.9 Å². The molecule has 0 spiro atoms. The third kappa shape index (κ3) is 4.14. The lowest BCUT2D eigenvalue weighted by molar-refractivity contribution is 0.626. The molecule has 0 saturated carbocycles. The van der Waals surface area contributed by atoms with Gasteiger partial charge in [-0.1, -0.05) is 15.9 Å². The third-order valence-corrected chi connectivity index (χ3v) is 3.51. The van der Waals surface area contributed by atoms with Gasteiger partial charge in [0.05, 0.1) is 4.75 Å². The van der Waals surface area contributed by atoms with Gasteiger partial charge in [-0.05, 0) is 44.5 Å². The maximum atomic E-state index is 13.0. The maximum Gasteiger partial charge on any atom is 0.144 e. The monoisotopic (exact) mass is 305 g/mol. The van der Waals surface area contributed by atoms with Crippen LogP contribution in [0.1, 0.15) is 26.3 Å². The van der Waals surface area contributed by atoms with Crippen LogP contribution < -0.4 is 0 Å². The normalized spacial score (nSPS) is 14.3. The molecular formula is C11H13BrFNOS. The minimum absolute atomic E-state index is 0.350. The Kier molecular flexibility index (Phi) is 4.38. The number of hydrogen-bond acceptors (Lipinski definition) is 1. The van der Waals surface area contributed by atoms with Crippen molar-refractivity contribution in [2.75, 3.05) is 0 Å². The van der Waals surface area contributed by atoms with Crippen molar-refractivity contribution in [2.45, 2.75) is 25.5 Å². The fraction of sp³-hybridized carbons (Fsp3) is 0.364. The second-order valence-corrected chi connectivity index (χ2v) is 7.15. The summed E-state index contributed by atoms with van der Waals surface area (Å²) in [5.41, 5.74) is 0.587. The highest BCUT2D eigenvalue weighted by Gasteiger charge is 2.18. The van der Waals surface area contributed by atoms with Gasteiger partial charge in [-0.3, -0.25) is 0 Å². The Balaban J connectivity index is 2.89. The zero-order valence-electron chi connectivity index (χ0n) is 9.33. The standard InChI is InChI=1S/C11H13BrFNOS/c1-11(2,3)16(15)14-7-8-4-9(12)6-10(13)5-8/h4-7H,1-3H3/t16-/m0/s1. The average Bonchev–Trinajstić information content (AvgIpc) is 2.11. The minimum Gasteiger partial charge on any atom is -0.234 e. The molecule has 0 heterocycles. The number of halogens is 2. The SMILES string of the molecule is CC(C)(C)[S@](=O)N=Cc1cc(F)cc(Br)c1. The first-order valence-corrected chi connectivity index (χ1v) is 6.61. The van der Waals surface area contributed by atoms with E-state index < -0.39 is 15.7 Å². The fourth-order valence-corrected chi connectivity index (χ4v) is 1.93. The zero-order chi connectivity index (χ0) is 12.3. The van der Waals surface area contributed by atoms with Crippen LogP contribution in [-0.4, -0.2) is 15.2 Å². The lowest BCUT2D eigenvalue weighted by atomic mass is 10.2. The topological polar surface area (TPSA) is 29.4 Å². The van der Waals surface area contributed by atoms with E-state index in [0.717, 1.165) is 0 Å². The molecule has 0 aliphatic rings. The van der Waals surface area contributed by atoms with Crippen molar-refractivity contribution in [1.82, 2.24) is 0 Å². The molecule has 1 aromatic rings. The van der Waals surface area contributed by atoms with Gasteiger partial charge < -0.3 is 0 Å². The fourth-order valence-electron chi connectivity index (χ4n) is 0.917. The number of nitrogens with zero attached hydrogens (tertiary/aromatic N) is 1. The lowest BCUT2D eigenvalue weighted by Gasteiger charge is -2.12.